The van der Waals surface area contributed by atoms with Crippen molar-refractivity contribution in [1.29, 1.82) is 0 Å². The predicted molar refractivity (Wildman–Crippen MR) is 333 cm³/mol. The van der Waals surface area contributed by atoms with Crippen molar-refractivity contribution in [2.45, 2.75) is 386 Å². The molecule has 0 aromatic carbocycles. The van der Waals surface area contributed by atoms with Crippen molar-refractivity contribution in [1.82, 2.24) is 5.32 Å². The lowest BCUT2D eigenvalue weighted by Gasteiger charge is -2.22. The van der Waals surface area contributed by atoms with Gasteiger partial charge in [0.25, 0.3) is 0 Å². The van der Waals surface area contributed by atoms with Crippen molar-refractivity contribution in [3.05, 3.63) is 36.5 Å². The molecule has 0 aliphatic carbocycles. The van der Waals surface area contributed by atoms with Crippen molar-refractivity contribution in [3.63, 3.8) is 0 Å². The minimum Gasteiger partial charge on any atom is -0.466 e. The average molecular weight is 1070 g/mol. The summed E-state index contributed by atoms with van der Waals surface area (Å²) in [5, 5.41) is 23.4. The van der Waals surface area contributed by atoms with Crippen molar-refractivity contribution in [2.75, 3.05) is 13.2 Å². The van der Waals surface area contributed by atoms with Gasteiger partial charge in [-0.1, -0.05) is 314 Å². The quantitative estimate of drug-likeness (QED) is 0.0320. The summed E-state index contributed by atoms with van der Waals surface area (Å²) in [6.07, 6.45) is 83.2. The average Bonchev–Trinajstić information content (AvgIpc) is 3.42. The summed E-state index contributed by atoms with van der Waals surface area (Å²) in [6, 6.07) is -0.548. The summed E-state index contributed by atoms with van der Waals surface area (Å²) in [6.45, 7) is 4.95. The number of aliphatic hydroxyl groups excluding tert-OH is 2. The number of ether oxygens (including phenoxy) is 1. The number of rotatable bonds is 64. The van der Waals surface area contributed by atoms with Gasteiger partial charge in [-0.15, -0.1) is 0 Å². The summed E-state index contributed by atoms with van der Waals surface area (Å²) >= 11 is 0. The Labute approximate surface area is 474 Å². The zero-order valence-corrected chi connectivity index (χ0v) is 51.3. The van der Waals surface area contributed by atoms with Gasteiger partial charge in [-0.25, -0.2) is 0 Å². The van der Waals surface area contributed by atoms with Crippen LogP contribution >= 0.6 is 0 Å². The van der Waals surface area contributed by atoms with Gasteiger partial charge in [0.2, 0.25) is 5.91 Å². The summed E-state index contributed by atoms with van der Waals surface area (Å²) in [5.41, 5.74) is 0. The van der Waals surface area contributed by atoms with E-state index in [-0.39, 0.29) is 18.5 Å². The molecule has 0 aliphatic heterocycles. The van der Waals surface area contributed by atoms with Gasteiger partial charge < -0.3 is 20.3 Å². The number of unbranched alkanes of at least 4 members (excludes halogenated alkanes) is 47. The van der Waals surface area contributed by atoms with E-state index in [1.807, 2.05) is 0 Å². The Balaban J connectivity index is 3.42. The Morgan fingerprint density at radius 3 is 1.04 bits per heavy atom. The first-order chi connectivity index (χ1) is 37.5. The highest BCUT2D eigenvalue weighted by atomic mass is 16.5. The smallest absolute Gasteiger partial charge is 0.305 e. The van der Waals surface area contributed by atoms with E-state index >= 15 is 0 Å². The maximum Gasteiger partial charge on any atom is 0.305 e. The summed E-state index contributed by atoms with van der Waals surface area (Å²) < 4.78 is 5.48. The van der Waals surface area contributed by atoms with Gasteiger partial charge in [0.05, 0.1) is 25.4 Å². The van der Waals surface area contributed by atoms with Gasteiger partial charge >= 0.3 is 5.97 Å². The lowest BCUT2D eigenvalue weighted by molar-refractivity contribution is -0.143. The Kier molecular flexibility index (Phi) is 63.9. The molecular weight excluding hydrogens is 935 g/mol. The molecule has 0 aliphatic rings. The lowest BCUT2D eigenvalue weighted by Crippen LogP contribution is -2.45. The van der Waals surface area contributed by atoms with E-state index in [2.05, 4.69) is 55.6 Å². The van der Waals surface area contributed by atoms with E-state index in [4.69, 9.17) is 4.74 Å². The minimum atomic E-state index is -0.670. The van der Waals surface area contributed by atoms with Gasteiger partial charge in [-0.05, 0) is 83.5 Å². The van der Waals surface area contributed by atoms with Crippen LogP contribution in [0.3, 0.4) is 0 Å². The van der Waals surface area contributed by atoms with Crippen molar-refractivity contribution >= 4 is 11.9 Å². The molecule has 6 nitrogen and oxygen atoms in total. The van der Waals surface area contributed by atoms with Gasteiger partial charge in [-0.2, -0.15) is 0 Å². The largest absolute Gasteiger partial charge is 0.466 e. The second-order valence-electron chi connectivity index (χ2n) is 23.5. The van der Waals surface area contributed by atoms with E-state index in [1.165, 1.54) is 289 Å². The molecular formula is C70H133NO5. The molecule has 0 spiro atoms. The van der Waals surface area contributed by atoms with Crippen LogP contribution in [0.2, 0.25) is 0 Å². The molecule has 0 heterocycles. The Bertz CT molecular complexity index is 1230. The highest BCUT2D eigenvalue weighted by Gasteiger charge is 2.20. The van der Waals surface area contributed by atoms with Gasteiger partial charge in [0.15, 0.2) is 0 Å². The lowest BCUT2D eigenvalue weighted by atomic mass is 10.0. The normalized spacial score (nSPS) is 12.7. The molecule has 2 unspecified atom stereocenters. The second-order valence-corrected chi connectivity index (χ2v) is 23.5. The molecule has 1 amide bonds. The molecule has 76 heavy (non-hydrogen) atoms. The number of hydrogen-bond acceptors (Lipinski definition) is 5. The van der Waals surface area contributed by atoms with Crippen LogP contribution in [0.25, 0.3) is 0 Å². The fourth-order valence-corrected chi connectivity index (χ4v) is 10.7. The number of allylic oxidation sites excluding steroid dienone is 6. The maximum absolute atomic E-state index is 12.5. The van der Waals surface area contributed by atoms with Crippen LogP contribution in [-0.2, 0) is 14.3 Å². The van der Waals surface area contributed by atoms with Crippen LogP contribution < -0.4 is 5.32 Å². The van der Waals surface area contributed by atoms with Crippen molar-refractivity contribution in [2.24, 2.45) is 0 Å². The van der Waals surface area contributed by atoms with E-state index in [9.17, 15) is 19.8 Å². The highest BCUT2D eigenvalue weighted by molar-refractivity contribution is 5.76. The SMILES string of the molecule is CCCCC/C=C\C/C=C\CCCCCCCC(=O)OCCCCCCCCCCCCCC/C=C\CCCCCCCCCC(=O)NC(CO)C(O)CCCCCCCCCCCCCCCCCCCCCCC. The molecule has 0 fully saturated rings. The number of carbonyl (C=O) groups is 2. The fraction of sp³-hybridized carbons (Fsp3) is 0.886. The molecule has 448 valence electrons. The molecule has 0 rings (SSSR count). The minimum absolute atomic E-state index is 0.00202. The fourth-order valence-electron chi connectivity index (χ4n) is 10.7. The van der Waals surface area contributed by atoms with Crippen LogP contribution in [0.5, 0.6) is 0 Å². The Hall–Kier alpha value is -1.92. The van der Waals surface area contributed by atoms with E-state index in [1.54, 1.807) is 0 Å². The number of nitrogens with one attached hydrogen (secondary N) is 1. The highest BCUT2D eigenvalue weighted by Crippen LogP contribution is 2.18. The molecule has 0 saturated carbocycles. The molecule has 0 saturated heterocycles. The number of carbonyl (C=O) groups excluding carboxylic acids is 2. The van der Waals surface area contributed by atoms with Crippen molar-refractivity contribution in [3.8, 4) is 0 Å². The number of esters is 1. The third kappa shape index (κ3) is 61.3. The van der Waals surface area contributed by atoms with Crippen LogP contribution in [-0.4, -0.2) is 47.4 Å². The van der Waals surface area contributed by atoms with Crippen LogP contribution in [0.1, 0.15) is 373 Å². The number of amides is 1. The molecule has 0 aromatic heterocycles. The zero-order chi connectivity index (χ0) is 55.0. The third-order valence-corrected chi connectivity index (χ3v) is 15.9. The first-order valence-corrected chi connectivity index (χ1v) is 34.2. The summed E-state index contributed by atoms with van der Waals surface area (Å²) in [4.78, 5) is 24.6. The van der Waals surface area contributed by atoms with Crippen LogP contribution in [0.15, 0.2) is 36.5 Å². The van der Waals surface area contributed by atoms with Gasteiger partial charge in [0.1, 0.15) is 0 Å². The van der Waals surface area contributed by atoms with Gasteiger partial charge in [0, 0.05) is 12.8 Å². The van der Waals surface area contributed by atoms with Crippen LogP contribution in [0, 0.1) is 0 Å². The van der Waals surface area contributed by atoms with E-state index in [0.29, 0.717) is 25.9 Å². The summed E-state index contributed by atoms with van der Waals surface area (Å²) in [5.74, 6) is -0.0400. The van der Waals surface area contributed by atoms with Gasteiger partial charge in [-0.3, -0.25) is 9.59 Å². The third-order valence-electron chi connectivity index (χ3n) is 15.9. The first-order valence-electron chi connectivity index (χ1n) is 34.2. The molecule has 6 heteroatoms. The number of aliphatic hydroxyl groups is 2. The Morgan fingerprint density at radius 2 is 0.658 bits per heavy atom. The standard InChI is InChI=1S/C70H133NO5/c1-3-5-7-9-11-13-15-17-19-20-21-25-28-31-35-38-42-46-50-54-58-62-68(73)67(66-72)71-69(74)63-59-55-51-47-43-39-36-32-29-26-23-22-24-27-30-33-37-41-45-49-53-57-61-65-76-70(75)64-60-56-52-48-44-40-34-18-16-14-12-10-8-6-4-2/h12,14,18,26,29,34,67-68,72-73H,3-11,13,15-17,19-25,27-28,30-33,35-66H2,1-2H3,(H,71,74)/b14-12-,29-26-,34-18-. The topological polar surface area (TPSA) is 95.9 Å². The van der Waals surface area contributed by atoms with E-state index in [0.717, 1.165) is 51.4 Å². The number of hydrogen-bond donors (Lipinski definition) is 3. The molecule has 0 radical (unpaired) electrons. The van der Waals surface area contributed by atoms with Crippen molar-refractivity contribution < 1.29 is 24.5 Å². The van der Waals surface area contributed by atoms with Crippen LogP contribution in [0.4, 0.5) is 0 Å². The molecule has 0 aromatic rings. The first kappa shape index (κ1) is 74.1. The van der Waals surface area contributed by atoms with E-state index < -0.39 is 12.1 Å². The maximum atomic E-state index is 12.5. The second kappa shape index (κ2) is 65.6. The molecule has 0 bridgehead atoms. The predicted octanol–water partition coefficient (Wildman–Crippen LogP) is 21.9. The Morgan fingerprint density at radius 1 is 0.368 bits per heavy atom. The monoisotopic (exact) mass is 1070 g/mol. The summed E-state index contributed by atoms with van der Waals surface area (Å²) in [7, 11) is 0. The molecule has 2 atom stereocenters. The zero-order valence-electron chi connectivity index (χ0n) is 51.3. The molecule has 3 N–H and O–H groups in total.